The molecule has 0 fully saturated rings. The van der Waals surface area contributed by atoms with Crippen molar-refractivity contribution in [1.29, 1.82) is 0 Å². The van der Waals surface area contributed by atoms with Gasteiger partial charge in [0.25, 0.3) is 0 Å². The van der Waals surface area contributed by atoms with Crippen LogP contribution in [-0.4, -0.2) is 16.9 Å². The van der Waals surface area contributed by atoms with Gasteiger partial charge in [-0.15, -0.1) is 0 Å². The minimum Gasteiger partial charge on any atom is -0.481 e. The Bertz CT molecular complexity index is 409. The monoisotopic (exact) mass is 260 g/mol. The van der Waals surface area contributed by atoms with Crippen molar-refractivity contribution in [1.82, 2.24) is 0 Å². The van der Waals surface area contributed by atoms with E-state index in [4.69, 9.17) is 28.3 Å². The van der Waals surface area contributed by atoms with Crippen LogP contribution in [0.1, 0.15) is 23.7 Å². The molecule has 1 rings (SSSR count). The number of aliphatic carboxylic acids is 1. The molecule has 86 valence electrons. The first-order valence-electron chi connectivity index (χ1n) is 4.68. The molecule has 0 bridgehead atoms. The fraction of sp³-hybridized carbons (Fsp3) is 0.273. The molecule has 1 N–H and O–H groups in total. The highest BCUT2D eigenvalue weighted by Gasteiger charge is 2.25. The number of carbonyl (C=O) groups is 2. The molecule has 0 aromatic heterocycles. The third kappa shape index (κ3) is 2.97. The van der Waals surface area contributed by atoms with E-state index in [2.05, 4.69) is 0 Å². The van der Waals surface area contributed by atoms with Crippen LogP contribution < -0.4 is 0 Å². The van der Waals surface area contributed by atoms with E-state index in [1.807, 2.05) is 0 Å². The normalized spacial score (nSPS) is 12.2. The number of benzene rings is 1. The third-order valence-electron chi connectivity index (χ3n) is 2.17. The summed E-state index contributed by atoms with van der Waals surface area (Å²) in [5.41, 5.74) is 0.228. The summed E-state index contributed by atoms with van der Waals surface area (Å²) < 4.78 is 0. The highest BCUT2D eigenvalue weighted by molar-refractivity contribution is 6.35. The van der Waals surface area contributed by atoms with Gasteiger partial charge in [0, 0.05) is 15.6 Å². The highest BCUT2D eigenvalue weighted by atomic mass is 35.5. The summed E-state index contributed by atoms with van der Waals surface area (Å²) in [5, 5.41) is 9.49. The number of ketones is 1. The van der Waals surface area contributed by atoms with Crippen LogP contribution >= 0.6 is 23.2 Å². The highest BCUT2D eigenvalue weighted by Crippen LogP contribution is 2.22. The van der Waals surface area contributed by atoms with Gasteiger partial charge in [-0.2, -0.15) is 0 Å². The van der Waals surface area contributed by atoms with Crippen molar-refractivity contribution >= 4 is 35.0 Å². The summed E-state index contributed by atoms with van der Waals surface area (Å²) in [7, 11) is 0. The average Bonchev–Trinajstić information content (AvgIpc) is 2.16. The Morgan fingerprint density at radius 1 is 1.25 bits per heavy atom. The maximum Gasteiger partial charge on any atom is 0.314 e. The zero-order valence-electron chi connectivity index (χ0n) is 8.54. The molecule has 0 radical (unpaired) electrons. The maximum atomic E-state index is 11.8. The average molecular weight is 261 g/mol. The Balaban J connectivity index is 3.08. The topological polar surface area (TPSA) is 54.4 Å². The van der Waals surface area contributed by atoms with Gasteiger partial charge in [0.15, 0.2) is 5.78 Å². The van der Waals surface area contributed by atoms with Crippen LogP contribution in [0.4, 0.5) is 0 Å². The summed E-state index contributed by atoms with van der Waals surface area (Å²) in [6.07, 6.45) is 0.234. The second-order valence-corrected chi connectivity index (χ2v) is 4.19. The molecule has 0 aliphatic heterocycles. The molecule has 0 saturated heterocycles. The van der Waals surface area contributed by atoms with Gasteiger partial charge in [0.05, 0.1) is 0 Å². The number of hydrogen-bond acceptors (Lipinski definition) is 2. The molecule has 0 saturated carbocycles. The molecular formula is C11H10Cl2O3. The number of rotatable bonds is 4. The summed E-state index contributed by atoms with van der Waals surface area (Å²) in [5.74, 6) is -2.66. The second kappa shape index (κ2) is 5.32. The molecule has 3 nitrogen and oxygen atoms in total. The molecule has 0 heterocycles. The van der Waals surface area contributed by atoms with Crippen LogP contribution in [0, 0.1) is 5.92 Å². The second-order valence-electron chi connectivity index (χ2n) is 3.32. The lowest BCUT2D eigenvalue weighted by Gasteiger charge is -2.09. The van der Waals surface area contributed by atoms with E-state index in [-0.39, 0.29) is 12.0 Å². The standard InChI is InChI=1S/C11H10Cl2O3/c1-2-9(11(15)16)10(14)6-3-7(12)5-8(13)4-6/h3-5,9H,2H2,1H3,(H,15,16). The zero-order chi connectivity index (χ0) is 12.3. The van der Waals surface area contributed by atoms with E-state index in [0.29, 0.717) is 10.0 Å². The molecule has 0 spiro atoms. The minimum absolute atomic E-state index is 0.228. The SMILES string of the molecule is CCC(C(=O)O)C(=O)c1cc(Cl)cc(Cl)c1. The van der Waals surface area contributed by atoms with Crippen LogP contribution in [0.2, 0.25) is 10.0 Å². The number of halogens is 2. The van der Waals surface area contributed by atoms with E-state index in [0.717, 1.165) is 0 Å². The smallest absolute Gasteiger partial charge is 0.314 e. The molecule has 1 atom stereocenters. The fourth-order valence-electron chi connectivity index (χ4n) is 1.37. The van der Waals surface area contributed by atoms with E-state index in [1.54, 1.807) is 6.92 Å². The van der Waals surface area contributed by atoms with Crippen molar-refractivity contribution in [2.75, 3.05) is 0 Å². The zero-order valence-corrected chi connectivity index (χ0v) is 10.0. The Kier molecular flexibility index (Phi) is 4.33. The third-order valence-corrected chi connectivity index (χ3v) is 2.61. The summed E-state index contributed by atoms with van der Waals surface area (Å²) in [6.45, 7) is 1.64. The van der Waals surface area contributed by atoms with Gasteiger partial charge in [0.2, 0.25) is 0 Å². The van der Waals surface area contributed by atoms with E-state index in [1.165, 1.54) is 18.2 Å². The van der Waals surface area contributed by atoms with Crippen molar-refractivity contribution in [2.45, 2.75) is 13.3 Å². The first-order valence-corrected chi connectivity index (χ1v) is 5.44. The molecule has 0 aliphatic carbocycles. The number of carbonyl (C=O) groups excluding carboxylic acids is 1. The molecule has 5 heteroatoms. The van der Waals surface area contributed by atoms with Crippen molar-refractivity contribution in [2.24, 2.45) is 5.92 Å². The first-order chi connectivity index (χ1) is 7.45. The number of carboxylic acids is 1. The van der Waals surface area contributed by atoms with Gasteiger partial charge in [-0.25, -0.2) is 0 Å². The van der Waals surface area contributed by atoms with Crippen molar-refractivity contribution in [3.8, 4) is 0 Å². The summed E-state index contributed by atoms with van der Waals surface area (Å²) in [6, 6.07) is 4.32. The Hall–Kier alpha value is -1.06. The van der Waals surface area contributed by atoms with Crippen molar-refractivity contribution < 1.29 is 14.7 Å². The molecule has 1 aromatic carbocycles. The molecule has 0 aliphatic rings. The number of hydrogen-bond donors (Lipinski definition) is 1. The maximum absolute atomic E-state index is 11.8. The Morgan fingerprint density at radius 3 is 2.12 bits per heavy atom. The predicted molar refractivity (Wildman–Crippen MR) is 62.2 cm³/mol. The minimum atomic E-state index is -1.14. The summed E-state index contributed by atoms with van der Waals surface area (Å²) >= 11 is 11.5. The van der Waals surface area contributed by atoms with Gasteiger partial charge in [-0.3, -0.25) is 9.59 Å². The predicted octanol–water partition coefficient (Wildman–Crippen LogP) is 3.29. The molecule has 16 heavy (non-hydrogen) atoms. The molecule has 0 amide bonds. The summed E-state index contributed by atoms with van der Waals surface area (Å²) in [4.78, 5) is 22.7. The lowest BCUT2D eigenvalue weighted by Crippen LogP contribution is -2.23. The van der Waals surface area contributed by atoms with E-state index < -0.39 is 17.7 Å². The van der Waals surface area contributed by atoms with Gasteiger partial charge >= 0.3 is 5.97 Å². The van der Waals surface area contributed by atoms with Gasteiger partial charge in [-0.05, 0) is 24.6 Å². The van der Waals surface area contributed by atoms with Gasteiger partial charge in [-0.1, -0.05) is 30.1 Å². The molecule has 1 aromatic rings. The van der Waals surface area contributed by atoms with Crippen molar-refractivity contribution in [3.05, 3.63) is 33.8 Å². The number of carboxylic acid groups (broad SMARTS) is 1. The molecule has 1 unspecified atom stereocenters. The van der Waals surface area contributed by atoms with E-state index >= 15 is 0 Å². The van der Waals surface area contributed by atoms with Gasteiger partial charge < -0.3 is 5.11 Å². The Morgan fingerprint density at radius 2 is 1.75 bits per heavy atom. The molecular weight excluding hydrogens is 251 g/mol. The lowest BCUT2D eigenvalue weighted by atomic mass is 9.95. The Labute approximate surface area is 103 Å². The van der Waals surface area contributed by atoms with Crippen LogP contribution in [-0.2, 0) is 4.79 Å². The van der Waals surface area contributed by atoms with Crippen molar-refractivity contribution in [3.63, 3.8) is 0 Å². The van der Waals surface area contributed by atoms with Gasteiger partial charge in [0.1, 0.15) is 5.92 Å². The fourth-order valence-corrected chi connectivity index (χ4v) is 1.90. The van der Waals surface area contributed by atoms with Crippen LogP contribution in [0.3, 0.4) is 0 Å². The van der Waals surface area contributed by atoms with Crippen LogP contribution in [0.15, 0.2) is 18.2 Å². The van der Waals surface area contributed by atoms with E-state index in [9.17, 15) is 9.59 Å². The van der Waals surface area contributed by atoms with Crippen LogP contribution in [0.25, 0.3) is 0 Å². The largest absolute Gasteiger partial charge is 0.481 e. The quantitative estimate of drug-likeness (QED) is 0.668. The van der Waals surface area contributed by atoms with Crippen LogP contribution in [0.5, 0.6) is 0 Å². The lowest BCUT2D eigenvalue weighted by molar-refractivity contribution is -0.140. The first kappa shape index (κ1) is 13.0. The number of Topliss-reactive ketones (excluding diaryl/α,β-unsaturated/α-hetero) is 1.